The highest BCUT2D eigenvalue weighted by Gasteiger charge is 2.17. The molecule has 0 saturated heterocycles. The highest BCUT2D eigenvalue weighted by molar-refractivity contribution is 8.00. The van der Waals surface area contributed by atoms with Gasteiger partial charge in [0.25, 0.3) is 0 Å². The zero-order valence-electron chi connectivity index (χ0n) is 12.8. The van der Waals surface area contributed by atoms with Gasteiger partial charge in [0, 0.05) is 0 Å². The number of H-pyrrole nitrogens is 1. The molecular weight excluding hydrogens is 313 g/mol. The number of hydrogen-bond acceptors (Lipinski definition) is 3. The second-order valence-electron chi connectivity index (χ2n) is 5.29. The highest BCUT2D eigenvalue weighted by Crippen LogP contribution is 2.25. The van der Waals surface area contributed by atoms with E-state index in [1.165, 1.54) is 23.9 Å². The molecule has 0 unspecified atom stereocenters. The number of amides is 1. The lowest BCUT2D eigenvalue weighted by Crippen LogP contribution is -2.23. The molecule has 3 aromatic rings. The second kappa shape index (κ2) is 6.42. The van der Waals surface area contributed by atoms with Gasteiger partial charge >= 0.3 is 0 Å². The fraction of sp³-hybridized carbons (Fsp3) is 0.176. The number of carbonyl (C=O) groups excluding carboxylic acids is 1. The monoisotopic (exact) mass is 329 g/mol. The molecule has 0 aliphatic heterocycles. The summed E-state index contributed by atoms with van der Waals surface area (Å²) in [5.74, 6) is -0.714. The summed E-state index contributed by atoms with van der Waals surface area (Å²) >= 11 is 1.31. The number of aryl methyl sites for hydroxylation is 1. The van der Waals surface area contributed by atoms with Gasteiger partial charge in [-0.3, -0.25) is 4.79 Å². The number of aromatic nitrogens is 2. The number of fused-ring (bicyclic) bond motifs is 1. The Morgan fingerprint density at radius 3 is 2.87 bits per heavy atom. The fourth-order valence-electron chi connectivity index (χ4n) is 2.17. The summed E-state index contributed by atoms with van der Waals surface area (Å²) < 4.78 is 13.6. The van der Waals surface area contributed by atoms with Crippen LogP contribution in [0.5, 0.6) is 0 Å². The topological polar surface area (TPSA) is 57.8 Å². The van der Waals surface area contributed by atoms with Crippen molar-refractivity contribution in [3.8, 4) is 0 Å². The lowest BCUT2D eigenvalue weighted by Gasteiger charge is -2.10. The highest BCUT2D eigenvalue weighted by atomic mass is 32.2. The van der Waals surface area contributed by atoms with Gasteiger partial charge in [-0.15, -0.1) is 0 Å². The third-order valence-electron chi connectivity index (χ3n) is 3.41. The van der Waals surface area contributed by atoms with Gasteiger partial charge in [0.05, 0.1) is 22.0 Å². The van der Waals surface area contributed by atoms with Gasteiger partial charge in [0.2, 0.25) is 5.91 Å². The van der Waals surface area contributed by atoms with Crippen molar-refractivity contribution in [1.29, 1.82) is 0 Å². The molecule has 1 aromatic heterocycles. The molecule has 0 radical (unpaired) electrons. The van der Waals surface area contributed by atoms with Gasteiger partial charge in [-0.05, 0) is 43.7 Å². The lowest BCUT2D eigenvalue weighted by molar-refractivity contribution is -0.115. The van der Waals surface area contributed by atoms with Crippen LogP contribution in [0, 0.1) is 12.7 Å². The van der Waals surface area contributed by atoms with E-state index < -0.39 is 11.1 Å². The minimum absolute atomic E-state index is 0.185. The number of aromatic amines is 1. The molecule has 0 aliphatic carbocycles. The predicted octanol–water partition coefficient (Wildman–Crippen LogP) is 4.13. The Balaban J connectivity index is 1.71. The summed E-state index contributed by atoms with van der Waals surface area (Å²) in [6.07, 6.45) is 0. The zero-order valence-corrected chi connectivity index (χ0v) is 13.6. The van der Waals surface area contributed by atoms with Crippen LogP contribution in [-0.2, 0) is 4.79 Å². The summed E-state index contributed by atoms with van der Waals surface area (Å²) in [6.45, 7) is 3.77. The fourth-order valence-corrected chi connectivity index (χ4v) is 2.99. The van der Waals surface area contributed by atoms with Gasteiger partial charge in [-0.25, -0.2) is 9.37 Å². The number of hydrogen-bond donors (Lipinski definition) is 2. The molecule has 3 rings (SSSR count). The standard InChI is InChI=1S/C17H16FN3OS/c1-10-7-8-14-15(9-10)21-17(20-14)23-11(2)16(22)19-13-6-4-3-5-12(13)18/h3-9,11H,1-2H3,(H,19,22)(H,20,21)/t11-/m0/s1. The molecule has 0 fully saturated rings. The van der Waals surface area contributed by atoms with Crippen molar-refractivity contribution < 1.29 is 9.18 Å². The summed E-state index contributed by atoms with van der Waals surface area (Å²) in [7, 11) is 0. The number of carbonyl (C=O) groups is 1. The van der Waals surface area contributed by atoms with Crippen molar-refractivity contribution in [2.45, 2.75) is 24.3 Å². The molecule has 2 N–H and O–H groups in total. The molecule has 0 bridgehead atoms. The first-order valence-electron chi connectivity index (χ1n) is 7.21. The Morgan fingerprint density at radius 1 is 1.30 bits per heavy atom. The lowest BCUT2D eigenvalue weighted by atomic mass is 10.2. The maximum atomic E-state index is 13.6. The Labute approximate surface area is 137 Å². The molecule has 2 aromatic carbocycles. The van der Waals surface area contributed by atoms with Gasteiger partial charge in [0.1, 0.15) is 5.82 Å². The van der Waals surface area contributed by atoms with Crippen LogP contribution in [0.1, 0.15) is 12.5 Å². The average Bonchev–Trinajstić information content (AvgIpc) is 2.90. The van der Waals surface area contributed by atoms with Crippen LogP contribution >= 0.6 is 11.8 Å². The molecule has 0 saturated carbocycles. The van der Waals surface area contributed by atoms with E-state index in [0.29, 0.717) is 5.16 Å². The minimum Gasteiger partial charge on any atom is -0.333 e. The Kier molecular flexibility index (Phi) is 4.34. The van der Waals surface area contributed by atoms with E-state index in [-0.39, 0.29) is 11.6 Å². The van der Waals surface area contributed by atoms with Crippen molar-refractivity contribution in [2.75, 3.05) is 5.32 Å². The molecule has 4 nitrogen and oxygen atoms in total. The summed E-state index contributed by atoms with van der Waals surface area (Å²) in [4.78, 5) is 19.8. The van der Waals surface area contributed by atoms with E-state index in [1.54, 1.807) is 19.1 Å². The number of thioether (sulfide) groups is 1. The number of rotatable bonds is 4. The van der Waals surface area contributed by atoms with Crippen molar-refractivity contribution in [3.63, 3.8) is 0 Å². The second-order valence-corrected chi connectivity index (χ2v) is 6.62. The van der Waals surface area contributed by atoms with Crippen LogP contribution in [0.2, 0.25) is 0 Å². The maximum absolute atomic E-state index is 13.6. The van der Waals surface area contributed by atoms with Gasteiger partial charge in [0.15, 0.2) is 5.16 Å². The molecule has 1 heterocycles. The molecule has 6 heteroatoms. The molecule has 118 valence electrons. The van der Waals surface area contributed by atoms with Crippen molar-refractivity contribution >= 4 is 34.4 Å². The average molecular weight is 329 g/mol. The maximum Gasteiger partial charge on any atom is 0.237 e. The number of nitrogens with one attached hydrogen (secondary N) is 2. The first-order chi connectivity index (χ1) is 11.0. The van der Waals surface area contributed by atoms with Crippen LogP contribution in [-0.4, -0.2) is 21.1 Å². The Morgan fingerprint density at radius 2 is 2.09 bits per heavy atom. The van der Waals surface area contributed by atoms with E-state index in [2.05, 4.69) is 15.3 Å². The molecule has 1 atom stereocenters. The smallest absolute Gasteiger partial charge is 0.237 e. The van der Waals surface area contributed by atoms with Crippen LogP contribution in [0.4, 0.5) is 10.1 Å². The van der Waals surface area contributed by atoms with E-state index in [0.717, 1.165) is 16.6 Å². The first kappa shape index (κ1) is 15.6. The summed E-state index contributed by atoms with van der Waals surface area (Å²) in [6, 6.07) is 12.1. The van der Waals surface area contributed by atoms with E-state index in [9.17, 15) is 9.18 Å². The SMILES string of the molecule is Cc1ccc2nc(S[C@@H](C)C(=O)Nc3ccccc3F)[nH]c2c1. The van der Waals surface area contributed by atoms with Crippen molar-refractivity contribution in [2.24, 2.45) is 0 Å². The normalized spacial score (nSPS) is 12.3. The largest absolute Gasteiger partial charge is 0.333 e. The third-order valence-corrected chi connectivity index (χ3v) is 4.39. The number of nitrogens with zero attached hydrogens (tertiary/aromatic N) is 1. The molecule has 1 amide bonds. The van der Waals surface area contributed by atoms with Crippen LogP contribution in [0.15, 0.2) is 47.6 Å². The molecular formula is C17H16FN3OS. The minimum atomic E-state index is -0.447. The van der Waals surface area contributed by atoms with Gasteiger partial charge in [-0.2, -0.15) is 0 Å². The van der Waals surface area contributed by atoms with Crippen molar-refractivity contribution in [1.82, 2.24) is 9.97 Å². The van der Waals surface area contributed by atoms with Crippen molar-refractivity contribution in [3.05, 3.63) is 53.8 Å². The summed E-state index contributed by atoms with van der Waals surface area (Å²) in [5, 5.41) is 2.86. The Bertz CT molecular complexity index is 862. The zero-order chi connectivity index (χ0) is 16.4. The number of anilines is 1. The van der Waals surface area contributed by atoms with E-state index in [4.69, 9.17) is 0 Å². The van der Waals surface area contributed by atoms with E-state index in [1.807, 2.05) is 25.1 Å². The molecule has 0 spiro atoms. The van der Waals surface area contributed by atoms with Gasteiger partial charge < -0.3 is 10.3 Å². The number of para-hydroxylation sites is 1. The van der Waals surface area contributed by atoms with Gasteiger partial charge in [-0.1, -0.05) is 30.0 Å². The Hall–Kier alpha value is -2.34. The third kappa shape index (κ3) is 3.53. The van der Waals surface area contributed by atoms with Crippen LogP contribution in [0.3, 0.4) is 0 Å². The first-order valence-corrected chi connectivity index (χ1v) is 8.09. The number of halogens is 1. The number of imidazole rings is 1. The van der Waals surface area contributed by atoms with Crippen LogP contribution < -0.4 is 5.32 Å². The molecule has 23 heavy (non-hydrogen) atoms. The number of benzene rings is 2. The predicted molar refractivity (Wildman–Crippen MR) is 91.2 cm³/mol. The quantitative estimate of drug-likeness (QED) is 0.708. The molecule has 0 aliphatic rings. The van der Waals surface area contributed by atoms with Crippen LogP contribution in [0.25, 0.3) is 11.0 Å². The summed E-state index contributed by atoms with van der Waals surface area (Å²) in [5.41, 5.74) is 3.13. The van der Waals surface area contributed by atoms with E-state index >= 15 is 0 Å².